The number of esters is 1. The molecule has 0 aliphatic carbocycles. The van der Waals surface area contributed by atoms with E-state index in [1.54, 1.807) is 24.3 Å². The Bertz CT molecular complexity index is 1080. The summed E-state index contributed by atoms with van der Waals surface area (Å²) < 4.78 is 5.73. The molecule has 0 spiro atoms. The van der Waals surface area contributed by atoms with Gasteiger partial charge < -0.3 is 4.74 Å². The first-order valence-electron chi connectivity index (χ1n) is 9.76. The van der Waals surface area contributed by atoms with Gasteiger partial charge in [0.15, 0.2) is 0 Å². The first-order valence-corrected chi connectivity index (χ1v) is 9.76. The zero-order valence-electron chi connectivity index (χ0n) is 16.8. The van der Waals surface area contributed by atoms with Crippen molar-refractivity contribution < 1.29 is 19.1 Å². The molecular formula is C25H21NO4. The van der Waals surface area contributed by atoms with Crippen molar-refractivity contribution in [3.8, 4) is 5.75 Å². The van der Waals surface area contributed by atoms with Crippen LogP contribution in [-0.2, 0) is 11.2 Å². The number of rotatable bonds is 5. The van der Waals surface area contributed by atoms with Crippen LogP contribution in [0.1, 0.15) is 37.4 Å². The summed E-state index contributed by atoms with van der Waals surface area (Å²) >= 11 is 0. The van der Waals surface area contributed by atoms with Crippen molar-refractivity contribution in [2.75, 3.05) is 0 Å². The number of fused-ring (bicyclic) bond motifs is 1. The average Bonchev–Trinajstić information content (AvgIpc) is 3.00. The molecule has 0 N–H and O–H groups in total. The van der Waals surface area contributed by atoms with Crippen molar-refractivity contribution >= 4 is 17.8 Å². The molecule has 0 fully saturated rings. The van der Waals surface area contributed by atoms with Gasteiger partial charge in [0.1, 0.15) is 11.8 Å². The van der Waals surface area contributed by atoms with Crippen molar-refractivity contribution in [3.63, 3.8) is 0 Å². The second kappa shape index (κ2) is 7.95. The van der Waals surface area contributed by atoms with Crippen LogP contribution in [0, 0.1) is 13.8 Å². The highest BCUT2D eigenvalue weighted by Gasteiger charge is 2.43. The predicted molar refractivity (Wildman–Crippen MR) is 112 cm³/mol. The van der Waals surface area contributed by atoms with Crippen molar-refractivity contribution in [1.82, 2.24) is 4.90 Å². The number of nitrogens with zero attached hydrogens (tertiary/aromatic N) is 1. The summed E-state index contributed by atoms with van der Waals surface area (Å²) in [5.74, 6) is -1.13. The summed E-state index contributed by atoms with van der Waals surface area (Å²) in [7, 11) is 0. The van der Waals surface area contributed by atoms with Crippen LogP contribution in [0.15, 0.2) is 72.8 Å². The van der Waals surface area contributed by atoms with E-state index >= 15 is 0 Å². The van der Waals surface area contributed by atoms with Crippen LogP contribution in [0.5, 0.6) is 5.75 Å². The van der Waals surface area contributed by atoms with Crippen molar-refractivity contribution in [2.45, 2.75) is 26.3 Å². The number of imide groups is 1. The lowest BCUT2D eigenvalue weighted by Gasteiger charge is -2.25. The van der Waals surface area contributed by atoms with E-state index in [1.807, 2.05) is 62.4 Å². The third-order valence-electron chi connectivity index (χ3n) is 5.29. The molecule has 3 aromatic rings. The molecule has 30 heavy (non-hydrogen) atoms. The molecule has 0 saturated heterocycles. The van der Waals surface area contributed by atoms with Gasteiger partial charge in [-0.2, -0.15) is 0 Å². The summed E-state index contributed by atoms with van der Waals surface area (Å²) in [5.41, 5.74) is 3.06. The number of hydrogen-bond acceptors (Lipinski definition) is 4. The number of amides is 2. The average molecular weight is 399 g/mol. The quantitative estimate of drug-likeness (QED) is 0.368. The molecule has 0 bridgehead atoms. The maximum Gasteiger partial charge on any atom is 0.335 e. The highest BCUT2D eigenvalue weighted by atomic mass is 16.5. The molecule has 150 valence electrons. The van der Waals surface area contributed by atoms with E-state index in [2.05, 4.69) is 0 Å². The number of hydrogen-bond donors (Lipinski definition) is 0. The number of carbonyl (C=O) groups excluding carboxylic acids is 3. The fourth-order valence-corrected chi connectivity index (χ4v) is 3.74. The Morgan fingerprint density at radius 3 is 1.90 bits per heavy atom. The lowest BCUT2D eigenvalue weighted by atomic mass is 10.0. The first-order chi connectivity index (χ1) is 14.5. The Kier molecular flexibility index (Phi) is 5.19. The number of benzene rings is 3. The van der Waals surface area contributed by atoms with E-state index in [-0.39, 0.29) is 6.42 Å². The molecule has 3 aromatic carbocycles. The topological polar surface area (TPSA) is 63.7 Å². The molecule has 4 rings (SSSR count). The molecule has 1 aliphatic rings. The molecule has 0 unspecified atom stereocenters. The van der Waals surface area contributed by atoms with E-state index < -0.39 is 23.8 Å². The Hall–Kier alpha value is -3.73. The Morgan fingerprint density at radius 2 is 1.33 bits per heavy atom. The van der Waals surface area contributed by atoms with Gasteiger partial charge in [0.2, 0.25) is 0 Å². The zero-order valence-corrected chi connectivity index (χ0v) is 16.8. The van der Waals surface area contributed by atoms with Crippen LogP contribution in [0.3, 0.4) is 0 Å². The van der Waals surface area contributed by atoms with E-state index in [9.17, 15) is 14.4 Å². The predicted octanol–water partition coefficient (Wildman–Crippen LogP) is 4.12. The summed E-state index contributed by atoms with van der Waals surface area (Å²) in [4.78, 5) is 40.4. The van der Waals surface area contributed by atoms with Crippen LogP contribution >= 0.6 is 0 Å². The highest BCUT2D eigenvalue weighted by molar-refractivity contribution is 6.22. The zero-order chi connectivity index (χ0) is 21.3. The monoisotopic (exact) mass is 399 g/mol. The molecule has 0 saturated carbocycles. The van der Waals surface area contributed by atoms with E-state index in [4.69, 9.17) is 4.74 Å². The largest absolute Gasteiger partial charge is 0.424 e. The maximum absolute atomic E-state index is 13.3. The third kappa shape index (κ3) is 3.50. The summed E-state index contributed by atoms with van der Waals surface area (Å²) in [6, 6.07) is 20.4. The fourth-order valence-electron chi connectivity index (χ4n) is 3.74. The summed E-state index contributed by atoms with van der Waals surface area (Å²) in [6.07, 6.45) is 0.177. The van der Waals surface area contributed by atoms with E-state index in [0.717, 1.165) is 21.6 Å². The van der Waals surface area contributed by atoms with Gasteiger partial charge in [-0.15, -0.1) is 0 Å². The van der Waals surface area contributed by atoms with Crippen molar-refractivity contribution in [3.05, 3.63) is 101 Å². The van der Waals surface area contributed by atoms with Gasteiger partial charge in [0.25, 0.3) is 11.8 Å². The molecule has 0 aromatic heterocycles. The van der Waals surface area contributed by atoms with Gasteiger partial charge >= 0.3 is 5.97 Å². The molecular weight excluding hydrogens is 378 g/mol. The Morgan fingerprint density at radius 1 is 0.800 bits per heavy atom. The minimum absolute atomic E-state index is 0.177. The van der Waals surface area contributed by atoms with Gasteiger partial charge in [-0.1, -0.05) is 60.7 Å². The van der Waals surface area contributed by atoms with Gasteiger partial charge in [-0.3, -0.25) is 14.5 Å². The van der Waals surface area contributed by atoms with Crippen LogP contribution in [0.25, 0.3) is 0 Å². The summed E-state index contributed by atoms with van der Waals surface area (Å²) in [6.45, 7) is 3.70. The second-order valence-corrected chi connectivity index (χ2v) is 7.37. The summed E-state index contributed by atoms with van der Waals surface area (Å²) in [5, 5.41) is 0. The molecule has 5 nitrogen and oxygen atoms in total. The first kappa shape index (κ1) is 19.6. The number of para-hydroxylation sites is 1. The van der Waals surface area contributed by atoms with Gasteiger partial charge in [0, 0.05) is 6.42 Å². The van der Waals surface area contributed by atoms with Gasteiger partial charge in [-0.25, -0.2) is 4.79 Å². The fraction of sp³-hybridized carbons (Fsp3) is 0.160. The number of ether oxygens (including phenoxy) is 1. The standard InChI is InChI=1S/C25H21NO4/c1-16-9-8-10-17(2)22(16)30-25(29)21(15-18-11-4-3-5-12-18)26-23(27)19-13-6-7-14-20(19)24(26)28/h3-14,21H,15H2,1-2H3/t21-/m1/s1. The van der Waals surface area contributed by atoms with Crippen LogP contribution < -0.4 is 4.74 Å². The number of carbonyl (C=O) groups is 3. The van der Waals surface area contributed by atoms with Crippen LogP contribution in [-0.4, -0.2) is 28.7 Å². The van der Waals surface area contributed by atoms with Gasteiger partial charge in [0.05, 0.1) is 11.1 Å². The molecule has 0 radical (unpaired) electrons. The Balaban J connectivity index is 1.71. The normalized spacial score (nSPS) is 13.9. The smallest absolute Gasteiger partial charge is 0.335 e. The maximum atomic E-state index is 13.3. The van der Waals surface area contributed by atoms with Crippen molar-refractivity contribution in [1.29, 1.82) is 0 Å². The Labute approximate surface area is 174 Å². The lowest BCUT2D eigenvalue weighted by molar-refractivity contribution is -0.138. The minimum atomic E-state index is -1.07. The molecule has 1 aliphatic heterocycles. The van der Waals surface area contributed by atoms with Crippen LogP contribution in [0.4, 0.5) is 0 Å². The van der Waals surface area contributed by atoms with Gasteiger partial charge in [-0.05, 0) is 42.7 Å². The number of aryl methyl sites for hydroxylation is 2. The molecule has 5 heteroatoms. The molecule has 2 amide bonds. The lowest BCUT2D eigenvalue weighted by Crippen LogP contribution is -2.48. The third-order valence-corrected chi connectivity index (χ3v) is 5.29. The highest BCUT2D eigenvalue weighted by Crippen LogP contribution is 2.28. The SMILES string of the molecule is Cc1cccc(C)c1OC(=O)[C@@H](Cc1ccccc1)N1C(=O)c2ccccc2C1=O. The van der Waals surface area contributed by atoms with Crippen molar-refractivity contribution in [2.24, 2.45) is 0 Å². The minimum Gasteiger partial charge on any atom is -0.424 e. The second-order valence-electron chi connectivity index (χ2n) is 7.37. The molecule has 1 atom stereocenters. The van der Waals surface area contributed by atoms with E-state index in [1.165, 1.54) is 0 Å². The molecule has 1 heterocycles. The van der Waals surface area contributed by atoms with E-state index in [0.29, 0.717) is 16.9 Å². The van der Waals surface area contributed by atoms with Crippen LogP contribution in [0.2, 0.25) is 0 Å².